The van der Waals surface area contributed by atoms with E-state index in [0.717, 1.165) is 24.8 Å². The number of amides is 1. The highest BCUT2D eigenvalue weighted by molar-refractivity contribution is 5.89. The van der Waals surface area contributed by atoms with Crippen molar-refractivity contribution in [2.24, 2.45) is 0 Å². The fourth-order valence-electron chi connectivity index (χ4n) is 2.39. The molecule has 1 saturated carbocycles. The summed E-state index contributed by atoms with van der Waals surface area (Å²) in [6.07, 6.45) is 3.09. The van der Waals surface area contributed by atoms with Crippen LogP contribution in [0.1, 0.15) is 45.6 Å². The Hall–Kier alpha value is -1.31. The predicted octanol–water partition coefficient (Wildman–Crippen LogP) is 3.02. The second-order valence-electron chi connectivity index (χ2n) is 6.01. The first-order chi connectivity index (χ1) is 7.94. The first-order valence-electron chi connectivity index (χ1n) is 6.32. The Balaban J connectivity index is 2.24. The number of hydrogen-bond donors (Lipinski definition) is 1. The molecule has 92 valence electrons. The molecule has 1 fully saturated rings. The average Bonchev–Trinajstić information content (AvgIpc) is 2.14. The van der Waals surface area contributed by atoms with Gasteiger partial charge in [-0.2, -0.15) is 0 Å². The molecule has 2 nitrogen and oxygen atoms in total. The van der Waals surface area contributed by atoms with E-state index < -0.39 is 0 Å². The first kappa shape index (κ1) is 12.2. The van der Waals surface area contributed by atoms with Gasteiger partial charge in [0.15, 0.2) is 0 Å². The Morgan fingerprint density at radius 1 is 1.18 bits per heavy atom. The van der Waals surface area contributed by atoms with Gasteiger partial charge in [0.1, 0.15) is 0 Å². The molecule has 0 radical (unpaired) electrons. The Bertz CT molecular complexity index is 399. The molecule has 1 aromatic carbocycles. The van der Waals surface area contributed by atoms with Gasteiger partial charge >= 0.3 is 0 Å². The summed E-state index contributed by atoms with van der Waals surface area (Å²) in [7, 11) is 0. The zero-order valence-electron chi connectivity index (χ0n) is 10.9. The van der Waals surface area contributed by atoms with Gasteiger partial charge in [0.05, 0.1) is 5.41 Å². The van der Waals surface area contributed by atoms with Crippen LogP contribution in [0.2, 0.25) is 0 Å². The molecule has 17 heavy (non-hydrogen) atoms. The maximum atomic E-state index is 12.5. The quantitative estimate of drug-likeness (QED) is 0.833. The topological polar surface area (TPSA) is 29.1 Å². The van der Waals surface area contributed by atoms with Crippen LogP contribution in [0.5, 0.6) is 0 Å². The molecule has 1 aromatic rings. The zero-order valence-corrected chi connectivity index (χ0v) is 10.9. The number of nitrogens with one attached hydrogen (secondary N) is 1. The van der Waals surface area contributed by atoms with Crippen molar-refractivity contribution < 1.29 is 4.79 Å². The molecule has 0 spiro atoms. The van der Waals surface area contributed by atoms with E-state index in [1.165, 1.54) is 0 Å². The number of carbonyl (C=O) groups is 1. The Morgan fingerprint density at radius 2 is 1.76 bits per heavy atom. The average molecular weight is 231 g/mol. The van der Waals surface area contributed by atoms with Crippen molar-refractivity contribution in [3.63, 3.8) is 0 Å². The van der Waals surface area contributed by atoms with E-state index in [4.69, 9.17) is 0 Å². The highest BCUT2D eigenvalue weighted by atomic mass is 16.2. The van der Waals surface area contributed by atoms with Crippen LogP contribution in [0.15, 0.2) is 30.3 Å². The minimum absolute atomic E-state index is 0.158. The second kappa shape index (κ2) is 4.17. The molecule has 1 aliphatic rings. The second-order valence-corrected chi connectivity index (χ2v) is 6.01. The molecule has 0 unspecified atom stereocenters. The molecule has 1 N–H and O–H groups in total. The van der Waals surface area contributed by atoms with Gasteiger partial charge in [-0.3, -0.25) is 4.79 Å². The summed E-state index contributed by atoms with van der Waals surface area (Å²) in [5, 5.41) is 3.12. The molecule has 2 heteroatoms. The van der Waals surface area contributed by atoms with Crippen LogP contribution in [-0.4, -0.2) is 11.4 Å². The van der Waals surface area contributed by atoms with Crippen molar-refractivity contribution in [2.75, 3.05) is 0 Å². The molecule has 0 bridgehead atoms. The smallest absolute Gasteiger partial charge is 0.231 e. The highest BCUT2D eigenvalue weighted by Gasteiger charge is 2.46. The van der Waals surface area contributed by atoms with E-state index in [2.05, 4.69) is 17.4 Å². The van der Waals surface area contributed by atoms with Gasteiger partial charge in [0.25, 0.3) is 0 Å². The lowest BCUT2D eigenvalue weighted by Crippen LogP contribution is -2.54. The number of benzene rings is 1. The van der Waals surface area contributed by atoms with Crippen LogP contribution in [0.3, 0.4) is 0 Å². The van der Waals surface area contributed by atoms with E-state index in [9.17, 15) is 4.79 Å². The third-order valence-corrected chi connectivity index (χ3v) is 3.46. The van der Waals surface area contributed by atoms with E-state index in [1.54, 1.807) is 0 Å². The normalized spacial score (nSPS) is 18.3. The molecule has 1 amide bonds. The van der Waals surface area contributed by atoms with Crippen LogP contribution in [0, 0.1) is 0 Å². The van der Waals surface area contributed by atoms with Crippen molar-refractivity contribution in [3.05, 3.63) is 35.9 Å². The number of hydrogen-bond acceptors (Lipinski definition) is 1. The molecule has 0 heterocycles. The molecular formula is C15H21NO. The summed E-state index contributed by atoms with van der Waals surface area (Å²) >= 11 is 0. The first-order valence-corrected chi connectivity index (χ1v) is 6.32. The maximum absolute atomic E-state index is 12.5. The van der Waals surface area contributed by atoms with Crippen molar-refractivity contribution >= 4 is 5.91 Å². The minimum atomic E-state index is -0.269. The van der Waals surface area contributed by atoms with Gasteiger partial charge in [0.2, 0.25) is 5.91 Å². The third kappa shape index (κ3) is 2.36. The summed E-state index contributed by atoms with van der Waals surface area (Å²) in [5.74, 6) is 0.183. The van der Waals surface area contributed by atoms with Gasteiger partial charge < -0.3 is 5.32 Å². The lowest BCUT2D eigenvalue weighted by atomic mass is 9.63. The summed E-state index contributed by atoms with van der Waals surface area (Å²) in [5.41, 5.74) is 0.733. The zero-order chi connectivity index (χ0) is 12.5. The lowest BCUT2D eigenvalue weighted by Gasteiger charge is -2.42. The fourth-order valence-corrected chi connectivity index (χ4v) is 2.39. The largest absolute Gasteiger partial charge is 0.351 e. The minimum Gasteiger partial charge on any atom is -0.351 e. The van der Waals surface area contributed by atoms with E-state index >= 15 is 0 Å². The van der Waals surface area contributed by atoms with Crippen molar-refractivity contribution in [1.82, 2.24) is 5.32 Å². The van der Waals surface area contributed by atoms with Crippen LogP contribution < -0.4 is 5.32 Å². The molecule has 0 saturated heterocycles. The SMILES string of the molecule is CC(C)(C)NC(=O)C1(c2ccccc2)CCC1. The van der Waals surface area contributed by atoms with Crippen LogP contribution in [-0.2, 0) is 10.2 Å². The molecule has 0 atom stereocenters. The summed E-state index contributed by atoms with van der Waals surface area (Å²) < 4.78 is 0. The van der Waals surface area contributed by atoms with Crippen LogP contribution in [0.25, 0.3) is 0 Å². The number of rotatable bonds is 2. The molecule has 0 aromatic heterocycles. The third-order valence-electron chi connectivity index (χ3n) is 3.46. The van der Waals surface area contributed by atoms with Gasteiger partial charge in [-0.05, 0) is 39.2 Å². The van der Waals surface area contributed by atoms with Crippen LogP contribution >= 0.6 is 0 Å². The standard InChI is InChI=1S/C15H21NO/c1-14(2,3)16-13(17)15(10-7-11-15)12-8-5-4-6-9-12/h4-6,8-9H,7,10-11H2,1-3H3,(H,16,17). The summed E-state index contributed by atoms with van der Waals surface area (Å²) in [6.45, 7) is 6.09. The van der Waals surface area contributed by atoms with Crippen molar-refractivity contribution in [3.8, 4) is 0 Å². The van der Waals surface area contributed by atoms with Crippen LogP contribution in [0.4, 0.5) is 0 Å². The van der Waals surface area contributed by atoms with Crippen molar-refractivity contribution in [1.29, 1.82) is 0 Å². The number of carbonyl (C=O) groups excluding carboxylic acids is 1. The van der Waals surface area contributed by atoms with Gasteiger partial charge in [-0.1, -0.05) is 36.8 Å². The molecule has 0 aliphatic heterocycles. The fraction of sp³-hybridized carbons (Fsp3) is 0.533. The van der Waals surface area contributed by atoms with Gasteiger partial charge in [-0.15, -0.1) is 0 Å². The van der Waals surface area contributed by atoms with E-state index in [-0.39, 0.29) is 16.9 Å². The Morgan fingerprint density at radius 3 is 2.18 bits per heavy atom. The highest BCUT2D eigenvalue weighted by Crippen LogP contribution is 2.44. The van der Waals surface area contributed by atoms with Crippen molar-refractivity contribution in [2.45, 2.75) is 51.0 Å². The van der Waals surface area contributed by atoms with Gasteiger partial charge in [-0.25, -0.2) is 0 Å². The Kier molecular flexibility index (Phi) is 2.98. The predicted molar refractivity (Wildman–Crippen MR) is 69.9 cm³/mol. The monoisotopic (exact) mass is 231 g/mol. The van der Waals surface area contributed by atoms with Gasteiger partial charge in [0, 0.05) is 5.54 Å². The molecular weight excluding hydrogens is 210 g/mol. The van der Waals surface area contributed by atoms with E-state index in [0.29, 0.717) is 0 Å². The maximum Gasteiger partial charge on any atom is 0.231 e. The molecule has 2 rings (SSSR count). The molecule has 1 aliphatic carbocycles. The summed E-state index contributed by atoms with van der Waals surface area (Å²) in [6, 6.07) is 10.2. The lowest BCUT2D eigenvalue weighted by molar-refractivity contribution is -0.131. The van der Waals surface area contributed by atoms with E-state index in [1.807, 2.05) is 39.0 Å². The summed E-state index contributed by atoms with van der Waals surface area (Å²) in [4.78, 5) is 12.5. The Labute approximate surface area is 103 Å².